The molecule has 0 spiro atoms. The minimum atomic E-state index is 0.988. The summed E-state index contributed by atoms with van der Waals surface area (Å²) in [5.74, 6) is 0. The first-order valence-electron chi connectivity index (χ1n) is 3.79. The fourth-order valence-electron chi connectivity index (χ4n) is 1.30. The smallest absolute Gasteiger partial charge is 0.138 e. The maximum atomic E-state index is 4.30. The highest BCUT2D eigenvalue weighted by Crippen LogP contribution is 2.23. The Labute approximate surface area is 84.5 Å². The molecule has 0 saturated heterocycles. The SMILES string of the molecule is Cc1cnc2[nH]cc(I)c2c1C. The Morgan fingerprint density at radius 2 is 2.17 bits per heavy atom. The van der Waals surface area contributed by atoms with Crippen LogP contribution in [0.15, 0.2) is 12.4 Å². The number of H-pyrrole nitrogens is 1. The minimum absolute atomic E-state index is 0.988. The molecular formula is C9H9IN2. The zero-order valence-corrected chi connectivity index (χ0v) is 9.14. The summed E-state index contributed by atoms with van der Waals surface area (Å²) in [5.41, 5.74) is 3.56. The van der Waals surface area contributed by atoms with E-state index in [-0.39, 0.29) is 0 Å². The van der Waals surface area contributed by atoms with E-state index in [4.69, 9.17) is 0 Å². The number of nitrogens with one attached hydrogen (secondary N) is 1. The van der Waals surface area contributed by atoms with Gasteiger partial charge in [-0.3, -0.25) is 0 Å². The summed E-state index contributed by atoms with van der Waals surface area (Å²) in [6.07, 6.45) is 3.90. The molecule has 0 unspecified atom stereocenters. The maximum Gasteiger partial charge on any atom is 0.138 e. The van der Waals surface area contributed by atoms with E-state index < -0.39 is 0 Å². The van der Waals surface area contributed by atoms with E-state index in [1.54, 1.807) is 0 Å². The lowest BCUT2D eigenvalue weighted by atomic mass is 10.1. The maximum absolute atomic E-state index is 4.30. The van der Waals surface area contributed by atoms with Gasteiger partial charge in [0.25, 0.3) is 0 Å². The summed E-state index contributed by atoms with van der Waals surface area (Å²) in [7, 11) is 0. The van der Waals surface area contributed by atoms with Crippen molar-refractivity contribution in [3.05, 3.63) is 27.1 Å². The zero-order chi connectivity index (χ0) is 8.72. The van der Waals surface area contributed by atoms with Gasteiger partial charge in [-0.1, -0.05) is 0 Å². The molecule has 2 heterocycles. The van der Waals surface area contributed by atoms with E-state index in [2.05, 4.69) is 46.4 Å². The summed E-state index contributed by atoms with van der Waals surface area (Å²) >= 11 is 2.32. The van der Waals surface area contributed by atoms with Crippen LogP contribution in [0.2, 0.25) is 0 Å². The number of aromatic nitrogens is 2. The highest BCUT2D eigenvalue weighted by molar-refractivity contribution is 14.1. The van der Waals surface area contributed by atoms with Crippen molar-refractivity contribution in [3.63, 3.8) is 0 Å². The lowest BCUT2D eigenvalue weighted by Crippen LogP contribution is -1.85. The summed E-state index contributed by atoms with van der Waals surface area (Å²) in [4.78, 5) is 7.44. The van der Waals surface area contributed by atoms with Crippen molar-refractivity contribution in [2.45, 2.75) is 13.8 Å². The van der Waals surface area contributed by atoms with E-state index in [1.165, 1.54) is 20.1 Å². The Morgan fingerprint density at radius 3 is 2.92 bits per heavy atom. The van der Waals surface area contributed by atoms with Crippen LogP contribution in [-0.4, -0.2) is 9.97 Å². The monoisotopic (exact) mass is 272 g/mol. The van der Waals surface area contributed by atoms with Gasteiger partial charge in [0.05, 0.1) is 0 Å². The molecule has 0 aliphatic heterocycles. The molecule has 0 aromatic carbocycles. The van der Waals surface area contributed by atoms with Gasteiger partial charge >= 0.3 is 0 Å². The molecular weight excluding hydrogens is 263 g/mol. The number of hydrogen-bond donors (Lipinski definition) is 1. The quantitative estimate of drug-likeness (QED) is 0.734. The molecule has 0 radical (unpaired) electrons. The third-order valence-corrected chi connectivity index (χ3v) is 3.02. The van der Waals surface area contributed by atoms with Crippen molar-refractivity contribution in [2.75, 3.05) is 0 Å². The largest absolute Gasteiger partial charge is 0.345 e. The van der Waals surface area contributed by atoms with Gasteiger partial charge in [0, 0.05) is 21.4 Å². The third-order valence-electron chi connectivity index (χ3n) is 2.17. The van der Waals surface area contributed by atoms with E-state index in [0.717, 1.165) is 5.65 Å². The van der Waals surface area contributed by atoms with Crippen molar-refractivity contribution in [1.82, 2.24) is 9.97 Å². The molecule has 2 rings (SSSR count). The number of hydrogen-bond acceptors (Lipinski definition) is 1. The molecule has 0 aliphatic rings. The van der Waals surface area contributed by atoms with Crippen LogP contribution < -0.4 is 0 Å². The Bertz CT molecular complexity index is 431. The van der Waals surface area contributed by atoms with Crippen LogP contribution in [0.4, 0.5) is 0 Å². The molecule has 1 N–H and O–H groups in total. The second kappa shape index (κ2) is 2.73. The molecule has 2 nitrogen and oxygen atoms in total. The number of aryl methyl sites for hydroxylation is 2. The van der Waals surface area contributed by atoms with E-state index in [9.17, 15) is 0 Å². The van der Waals surface area contributed by atoms with Gasteiger partial charge in [-0.15, -0.1) is 0 Å². The van der Waals surface area contributed by atoms with Crippen molar-refractivity contribution in [1.29, 1.82) is 0 Å². The lowest BCUT2D eigenvalue weighted by Gasteiger charge is -2.00. The Balaban J connectivity index is 2.96. The summed E-state index contributed by atoms with van der Waals surface area (Å²) < 4.78 is 1.25. The molecule has 3 heteroatoms. The van der Waals surface area contributed by atoms with E-state index in [0.29, 0.717) is 0 Å². The first-order valence-corrected chi connectivity index (χ1v) is 4.87. The van der Waals surface area contributed by atoms with Crippen LogP contribution in [0.5, 0.6) is 0 Å². The van der Waals surface area contributed by atoms with Crippen LogP contribution in [0.25, 0.3) is 11.0 Å². The molecule has 0 aliphatic carbocycles. The standard InChI is InChI=1S/C9H9IN2/c1-5-3-11-9-8(6(5)2)7(10)4-12-9/h3-4H,1-2H3,(H,11,12). The van der Waals surface area contributed by atoms with Crippen LogP contribution in [0, 0.1) is 17.4 Å². The van der Waals surface area contributed by atoms with Crippen LogP contribution in [0.1, 0.15) is 11.1 Å². The first kappa shape index (κ1) is 8.04. The van der Waals surface area contributed by atoms with E-state index in [1.807, 2.05) is 12.4 Å². The molecule has 0 bridgehead atoms. The molecule has 0 saturated carbocycles. The highest BCUT2D eigenvalue weighted by Gasteiger charge is 2.05. The molecule has 0 atom stereocenters. The van der Waals surface area contributed by atoms with Crippen molar-refractivity contribution in [2.24, 2.45) is 0 Å². The van der Waals surface area contributed by atoms with E-state index >= 15 is 0 Å². The normalized spacial score (nSPS) is 10.9. The Morgan fingerprint density at radius 1 is 1.42 bits per heavy atom. The van der Waals surface area contributed by atoms with Crippen LogP contribution >= 0.6 is 22.6 Å². The fraction of sp³-hybridized carbons (Fsp3) is 0.222. The number of nitrogens with zero attached hydrogens (tertiary/aromatic N) is 1. The predicted molar refractivity (Wildman–Crippen MR) is 58.3 cm³/mol. The molecule has 12 heavy (non-hydrogen) atoms. The predicted octanol–water partition coefficient (Wildman–Crippen LogP) is 2.78. The van der Waals surface area contributed by atoms with Crippen LogP contribution in [0.3, 0.4) is 0 Å². The van der Waals surface area contributed by atoms with Crippen LogP contribution in [-0.2, 0) is 0 Å². The number of fused-ring (bicyclic) bond motifs is 1. The number of aromatic amines is 1. The van der Waals surface area contributed by atoms with Gasteiger partial charge in [0.2, 0.25) is 0 Å². The third kappa shape index (κ3) is 1.03. The van der Waals surface area contributed by atoms with Crippen molar-refractivity contribution in [3.8, 4) is 0 Å². The molecule has 0 fully saturated rings. The van der Waals surface area contributed by atoms with Crippen molar-refractivity contribution >= 4 is 33.6 Å². The second-order valence-corrected chi connectivity index (χ2v) is 4.09. The summed E-state index contributed by atoms with van der Waals surface area (Å²) in [6, 6.07) is 0. The van der Waals surface area contributed by atoms with Gasteiger partial charge in [-0.25, -0.2) is 4.98 Å². The molecule has 0 amide bonds. The molecule has 2 aromatic rings. The second-order valence-electron chi connectivity index (χ2n) is 2.93. The Hall–Kier alpha value is -0.580. The van der Waals surface area contributed by atoms with Gasteiger partial charge < -0.3 is 4.98 Å². The number of halogens is 1. The van der Waals surface area contributed by atoms with Gasteiger partial charge in [-0.2, -0.15) is 0 Å². The number of rotatable bonds is 0. The summed E-state index contributed by atoms with van der Waals surface area (Å²) in [5, 5.41) is 1.26. The van der Waals surface area contributed by atoms with Gasteiger partial charge in [0.15, 0.2) is 0 Å². The minimum Gasteiger partial charge on any atom is -0.345 e. The number of pyridine rings is 1. The molecule has 62 valence electrons. The lowest BCUT2D eigenvalue weighted by molar-refractivity contribution is 1.25. The summed E-state index contributed by atoms with van der Waals surface area (Å²) in [6.45, 7) is 4.22. The van der Waals surface area contributed by atoms with Crippen molar-refractivity contribution < 1.29 is 0 Å². The fourth-order valence-corrected chi connectivity index (χ4v) is 2.12. The van der Waals surface area contributed by atoms with Gasteiger partial charge in [-0.05, 0) is 47.6 Å². The first-order chi connectivity index (χ1) is 5.70. The highest BCUT2D eigenvalue weighted by atomic mass is 127. The van der Waals surface area contributed by atoms with Gasteiger partial charge in [0.1, 0.15) is 5.65 Å². The molecule has 2 aromatic heterocycles. The Kier molecular flexibility index (Phi) is 1.83. The average Bonchev–Trinajstić information content (AvgIpc) is 2.41. The topological polar surface area (TPSA) is 28.7 Å². The average molecular weight is 272 g/mol. The zero-order valence-electron chi connectivity index (χ0n) is 6.98.